The Balaban J connectivity index is 2.01. The van der Waals surface area contributed by atoms with E-state index >= 15 is 0 Å². The number of benzene rings is 1. The van der Waals surface area contributed by atoms with Crippen LogP contribution in [0, 0.1) is 0 Å². The predicted molar refractivity (Wildman–Crippen MR) is 64.9 cm³/mol. The molecule has 1 heterocycles. The van der Waals surface area contributed by atoms with Crippen molar-refractivity contribution in [3.63, 3.8) is 0 Å². The lowest BCUT2D eigenvalue weighted by Gasteiger charge is -2.45. The molecule has 1 saturated carbocycles. The Morgan fingerprint density at radius 3 is 2.87 bits per heavy atom. The molecule has 0 radical (unpaired) electrons. The van der Waals surface area contributed by atoms with Crippen LogP contribution in [0.1, 0.15) is 19.3 Å². The summed E-state index contributed by atoms with van der Waals surface area (Å²) in [5, 5.41) is 4.13. The van der Waals surface area contributed by atoms with Gasteiger partial charge in [0.05, 0.1) is 12.2 Å². The maximum absolute atomic E-state index is 6.04. The molecule has 1 aromatic carbocycles. The summed E-state index contributed by atoms with van der Waals surface area (Å²) in [6, 6.07) is 3.77. The van der Waals surface area contributed by atoms with Gasteiger partial charge in [0, 0.05) is 15.6 Å². The second-order valence-electron chi connectivity index (χ2n) is 4.25. The summed E-state index contributed by atoms with van der Waals surface area (Å²) in [6.07, 6.45) is 3.55. The molecule has 4 heteroatoms. The summed E-state index contributed by atoms with van der Waals surface area (Å²) in [4.78, 5) is 0. The number of rotatable bonds is 0. The normalized spacial score (nSPS) is 21.2. The maximum Gasteiger partial charge on any atom is 0.145 e. The quantitative estimate of drug-likeness (QED) is 0.783. The lowest BCUT2D eigenvalue weighted by molar-refractivity contribution is 0.000125. The highest BCUT2D eigenvalue weighted by atomic mass is 79.9. The van der Waals surface area contributed by atoms with Crippen molar-refractivity contribution >= 4 is 33.2 Å². The van der Waals surface area contributed by atoms with Gasteiger partial charge in [0.1, 0.15) is 11.4 Å². The van der Waals surface area contributed by atoms with Gasteiger partial charge in [-0.05, 0) is 41.3 Å². The SMILES string of the molecule is Clc1cc(Br)c2c(c1)OC1(CCC1)CN2. The first-order valence-corrected chi connectivity index (χ1v) is 6.28. The first kappa shape index (κ1) is 9.79. The molecule has 0 bridgehead atoms. The average Bonchev–Trinajstić information content (AvgIpc) is 2.14. The first-order chi connectivity index (χ1) is 7.19. The zero-order chi connectivity index (χ0) is 10.5. The molecule has 1 aliphatic heterocycles. The highest BCUT2D eigenvalue weighted by molar-refractivity contribution is 9.10. The molecule has 0 unspecified atom stereocenters. The van der Waals surface area contributed by atoms with Crippen molar-refractivity contribution < 1.29 is 4.74 Å². The number of nitrogens with one attached hydrogen (secondary N) is 1. The Labute approximate surface area is 102 Å². The van der Waals surface area contributed by atoms with Crippen LogP contribution in [0.3, 0.4) is 0 Å². The molecule has 2 aliphatic rings. The van der Waals surface area contributed by atoms with Gasteiger partial charge in [-0.1, -0.05) is 11.6 Å². The molecule has 1 aliphatic carbocycles. The van der Waals surface area contributed by atoms with Crippen molar-refractivity contribution in [2.45, 2.75) is 24.9 Å². The monoisotopic (exact) mass is 287 g/mol. The molecule has 1 fully saturated rings. The zero-order valence-corrected chi connectivity index (χ0v) is 10.5. The summed E-state index contributed by atoms with van der Waals surface area (Å²) in [7, 11) is 0. The van der Waals surface area contributed by atoms with Crippen LogP contribution in [0.5, 0.6) is 5.75 Å². The van der Waals surface area contributed by atoms with Crippen LogP contribution in [0.2, 0.25) is 5.02 Å². The summed E-state index contributed by atoms with van der Waals surface area (Å²) >= 11 is 9.48. The fourth-order valence-electron chi connectivity index (χ4n) is 2.17. The van der Waals surface area contributed by atoms with Crippen LogP contribution >= 0.6 is 27.5 Å². The molecule has 3 rings (SSSR count). The van der Waals surface area contributed by atoms with Crippen LogP contribution < -0.4 is 10.1 Å². The van der Waals surface area contributed by atoms with E-state index in [0.717, 1.165) is 35.3 Å². The van der Waals surface area contributed by atoms with E-state index in [4.69, 9.17) is 16.3 Å². The molecule has 1 spiro atoms. The third-order valence-corrected chi connectivity index (χ3v) is 4.04. The molecule has 15 heavy (non-hydrogen) atoms. The second-order valence-corrected chi connectivity index (χ2v) is 5.54. The average molecular weight is 289 g/mol. The molecule has 2 nitrogen and oxygen atoms in total. The number of fused-ring (bicyclic) bond motifs is 1. The van der Waals surface area contributed by atoms with Crippen molar-refractivity contribution in [2.75, 3.05) is 11.9 Å². The van der Waals surface area contributed by atoms with Crippen LogP contribution in [-0.2, 0) is 0 Å². The van der Waals surface area contributed by atoms with E-state index in [1.54, 1.807) is 0 Å². The van der Waals surface area contributed by atoms with Gasteiger partial charge in [-0.25, -0.2) is 0 Å². The van der Waals surface area contributed by atoms with Gasteiger partial charge < -0.3 is 10.1 Å². The van der Waals surface area contributed by atoms with Gasteiger partial charge in [0.25, 0.3) is 0 Å². The third kappa shape index (κ3) is 1.53. The van der Waals surface area contributed by atoms with E-state index in [9.17, 15) is 0 Å². The molecule has 0 aromatic heterocycles. The highest BCUT2D eigenvalue weighted by Crippen LogP contribution is 2.46. The molecule has 0 amide bonds. The molecule has 0 saturated heterocycles. The van der Waals surface area contributed by atoms with E-state index < -0.39 is 0 Å². The molecule has 1 aromatic rings. The Bertz CT molecular complexity index is 417. The van der Waals surface area contributed by atoms with Crippen LogP contribution in [0.15, 0.2) is 16.6 Å². The van der Waals surface area contributed by atoms with E-state index in [1.165, 1.54) is 6.42 Å². The minimum absolute atomic E-state index is 0.0388. The Morgan fingerprint density at radius 2 is 2.20 bits per heavy atom. The van der Waals surface area contributed by atoms with E-state index in [0.29, 0.717) is 5.02 Å². The van der Waals surface area contributed by atoms with Crippen LogP contribution in [0.4, 0.5) is 5.69 Å². The second kappa shape index (κ2) is 3.29. The van der Waals surface area contributed by atoms with Crippen molar-refractivity contribution in [1.82, 2.24) is 0 Å². The van der Waals surface area contributed by atoms with Crippen LogP contribution in [-0.4, -0.2) is 12.1 Å². The number of ether oxygens (including phenoxy) is 1. The largest absolute Gasteiger partial charge is 0.483 e. The summed E-state index contributed by atoms with van der Waals surface area (Å²) in [5.41, 5.74) is 1.06. The van der Waals surface area contributed by atoms with Crippen molar-refractivity contribution in [1.29, 1.82) is 0 Å². The molecule has 0 atom stereocenters. The fraction of sp³-hybridized carbons (Fsp3) is 0.455. The summed E-state index contributed by atoms with van der Waals surface area (Å²) in [5.74, 6) is 0.875. The van der Waals surface area contributed by atoms with Gasteiger partial charge >= 0.3 is 0 Å². The Hall–Kier alpha value is -0.410. The highest BCUT2D eigenvalue weighted by Gasteiger charge is 2.42. The van der Waals surface area contributed by atoms with E-state index in [1.807, 2.05) is 12.1 Å². The lowest BCUT2D eigenvalue weighted by Crippen LogP contribution is -2.51. The van der Waals surface area contributed by atoms with Gasteiger partial charge in [-0.3, -0.25) is 0 Å². The van der Waals surface area contributed by atoms with Crippen molar-refractivity contribution in [3.05, 3.63) is 21.6 Å². The van der Waals surface area contributed by atoms with E-state index in [2.05, 4.69) is 21.2 Å². The summed E-state index contributed by atoms with van der Waals surface area (Å²) in [6.45, 7) is 0.903. The minimum atomic E-state index is 0.0388. The number of hydrogen-bond donors (Lipinski definition) is 1. The maximum atomic E-state index is 6.04. The molecular weight excluding hydrogens is 277 g/mol. The predicted octanol–water partition coefficient (Wildman–Crippen LogP) is 3.83. The topological polar surface area (TPSA) is 21.3 Å². The third-order valence-electron chi connectivity index (χ3n) is 3.20. The van der Waals surface area contributed by atoms with Crippen molar-refractivity contribution in [2.24, 2.45) is 0 Å². The smallest absolute Gasteiger partial charge is 0.145 e. The van der Waals surface area contributed by atoms with E-state index in [-0.39, 0.29) is 5.60 Å². The van der Waals surface area contributed by atoms with Gasteiger partial charge in [-0.2, -0.15) is 0 Å². The first-order valence-electron chi connectivity index (χ1n) is 5.11. The van der Waals surface area contributed by atoms with Gasteiger partial charge in [-0.15, -0.1) is 0 Å². The Kier molecular flexibility index (Phi) is 2.15. The van der Waals surface area contributed by atoms with Gasteiger partial charge in [0.15, 0.2) is 0 Å². The number of halogens is 2. The van der Waals surface area contributed by atoms with Crippen molar-refractivity contribution in [3.8, 4) is 5.75 Å². The number of hydrogen-bond acceptors (Lipinski definition) is 2. The zero-order valence-electron chi connectivity index (χ0n) is 8.15. The number of anilines is 1. The molecular formula is C11H11BrClNO. The lowest BCUT2D eigenvalue weighted by atomic mass is 9.79. The van der Waals surface area contributed by atoms with Gasteiger partial charge in [0.2, 0.25) is 0 Å². The molecule has 80 valence electrons. The standard InChI is InChI=1S/C11H11BrClNO/c12-8-4-7(13)5-9-10(8)14-6-11(15-9)2-1-3-11/h4-5,14H,1-3,6H2. The summed E-state index contributed by atoms with van der Waals surface area (Å²) < 4.78 is 7.01. The Morgan fingerprint density at radius 1 is 1.40 bits per heavy atom. The fourth-order valence-corrected chi connectivity index (χ4v) is 3.09. The minimum Gasteiger partial charge on any atom is -0.483 e. The van der Waals surface area contributed by atoms with Crippen LogP contribution in [0.25, 0.3) is 0 Å². The molecule has 1 N–H and O–H groups in total.